The van der Waals surface area contributed by atoms with Gasteiger partial charge in [0, 0.05) is 30.9 Å². The van der Waals surface area contributed by atoms with E-state index in [0.29, 0.717) is 34.5 Å². The van der Waals surface area contributed by atoms with Crippen molar-refractivity contribution in [2.75, 3.05) is 19.5 Å². The van der Waals surface area contributed by atoms with Gasteiger partial charge in [-0.25, -0.2) is 4.79 Å². The standard InChI is InChI=1S/C23H23ClN4O4/c1-14-10-21(31-3)19(12-18(14)24)28-23(30)27-13-15-4-6-16(7-5-15)32-17-8-9-26-20(11-17)22(29)25-2/h4-12H,13H2,1-3H3,(H,25,29)(H2,27,28,30). The number of amides is 3. The van der Waals surface area contributed by atoms with Crippen molar-refractivity contribution in [3.8, 4) is 17.2 Å². The summed E-state index contributed by atoms with van der Waals surface area (Å²) in [5.74, 6) is 1.32. The number of urea groups is 1. The Bertz CT molecular complexity index is 1120. The number of nitrogens with one attached hydrogen (secondary N) is 3. The molecule has 3 N–H and O–H groups in total. The van der Waals surface area contributed by atoms with Crippen LogP contribution < -0.4 is 25.4 Å². The molecule has 3 aromatic rings. The summed E-state index contributed by atoms with van der Waals surface area (Å²) in [6.07, 6.45) is 1.51. The lowest BCUT2D eigenvalue weighted by Gasteiger charge is -2.13. The zero-order valence-corrected chi connectivity index (χ0v) is 18.6. The smallest absolute Gasteiger partial charge is 0.319 e. The van der Waals surface area contributed by atoms with Crippen molar-refractivity contribution in [3.63, 3.8) is 0 Å². The van der Waals surface area contributed by atoms with E-state index < -0.39 is 0 Å². The van der Waals surface area contributed by atoms with Crippen molar-refractivity contribution >= 4 is 29.2 Å². The van der Waals surface area contributed by atoms with Gasteiger partial charge in [-0.2, -0.15) is 0 Å². The largest absolute Gasteiger partial charge is 0.495 e. The molecule has 0 aliphatic heterocycles. The fraction of sp³-hybridized carbons (Fsp3) is 0.174. The third-order valence-electron chi connectivity index (χ3n) is 4.53. The van der Waals surface area contributed by atoms with E-state index in [-0.39, 0.29) is 17.6 Å². The van der Waals surface area contributed by atoms with Gasteiger partial charge < -0.3 is 25.4 Å². The normalized spacial score (nSPS) is 10.2. The third kappa shape index (κ3) is 5.89. The van der Waals surface area contributed by atoms with Crippen molar-refractivity contribution < 1.29 is 19.1 Å². The lowest BCUT2D eigenvalue weighted by Crippen LogP contribution is -2.28. The maximum Gasteiger partial charge on any atom is 0.319 e. The summed E-state index contributed by atoms with van der Waals surface area (Å²) < 4.78 is 11.1. The zero-order valence-electron chi connectivity index (χ0n) is 17.9. The van der Waals surface area contributed by atoms with Crippen LogP contribution in [0.5, 0.6) is 17.2 Å². The second-order valence-corrected chi connectivity index (χ2v) is 7.22. The minimum atomic E-state index is -0.387. The van der Waals surface area contributed by atoms with Gasteiger partial charge in [-0.1, -0.05) is 23.7 Å². The molecular formula is C23H23ClN4O4. The van der Waals surface area contributed by atoms with E-state index in [0.717, 1.165) is 11.1 Å². The van der Waals surface area contributed by atoms with Crippen LogP contribution in [0.1, 0.15) is 21.6 Å². The Morgan fingerprint density at radius 2 is 1.81 bits per heavy atom. The first-order chi connectivity index (χ1) is 15.4. The number of hydrogen-bond donors (Lipinski definition) is 3. The Morgan fingerprint density at radius 3 is 2.50 bits per heavy atom. The maximum atomic E-state index is 12.3. The molecule has 3 rings (SSSR count). The molecule has 0 aliphatic rings. The van der Waals surface area contributed by atoms with Crippen LogP contribution in [0.4, 0.5) is 10.5 Å². The average Bonchev–Trinajstić information content (AvgIpc) is 2.80. The van der Waals surface area contributed by atoms with Crippen LogP contribution in [0.3, 0.4) is 0 Å². The number of aryl methyl sites for hydroxylation is 1. The number of halogens is 1. The highest BCUT2D eigenvalue weighted by molar-refractivity contribution is 6.31. The van der Waals surface area contributed by atoms with Crippen LogP contribution in [0.2, 0.25) is 5.02 Å². The Labute approximate surface area is 190 Å². The van der Waals surface area contributed by atoms with E-state index in [1.807, 2.05) is 19.1 Å². The summed E-state index contributed by atoms with van der Waals surface area (Å²) in [5, 5.41) is 8.58. The van der Waals surface area contributed by atoms with Gasteiger partial charge in [-0.15, -0.1) is 0 Å². The number of anilines is 1. The first-order valence-corrected chi connectivity index (χ1v) is 10.1. The van der Waals surface area contributed by atoms with Crippen LogP contribution >= 0.6 is 11.6 Å². The molecule has 0 saturated heterocycles. The molecule has 0 aliphatic carbocycles. The molecule has 3 amide bonds. The van der Waals surface area contributed by atoms with E-state index in [4.69, 9.17) is 21.1 Å². The van der Waals surface area contributed by atoms with Gasteiger partial charge in [0.05, 0.1) is 12.8 Å². The summed E-state index contributed by atoms with van der Waals surface area (Å²) in [7, 11) is 3.07. The lowest BCUT2D eigenvalue weighted by atomic mass is 10.2. The van der Waals surface area contributed by atoms with Crippen molar-refractivity contribution in [1.29, 1.82) is 0 Å². The van der Waals surface area contributed by atoms with Crippen molar-refractivity contribution in [2.24, 2.45) is 0 Å². The van der Waals surface area contributed by atoms with E-state index in [9.17, 15) is 9.59 Å². The molecule has 0 unspecified atom stereocenters. The fourth-order valence-electron chi connectivity index (χ4n) is 2.81. The Kier molecular flexibility index (Phi) is 7.51. The quantitative estimate of drug-likeness (QED) is 0.487. The number of benzene rings is 2. The number of rotatable bonds is 7. The molecule has 1 heterocycles. The number of nitrogens with zero attached hydrogens (tertiary/aromatic N) is 1. The summed E-state index contributed by atoms with van der Waals surface area (Å²) in [5.41, 5.74) is 2.48. The third-order valence-corrected chi connectivity index (χ3v) is 4.94. The zero-order chi connectivity index (χ0) is 23.1. The SMILES string of the molecule is CNC(=O)c1cc(Oc2ccc(CNC(=O)Nc3cc(Cl)c(C)cc3OC)cc2)ccn1. The van der Waals surface area contributed by atoms with Crippen LogP contribution in [0.25, 0.3) is 0 Å². The molecule has 0 radical (unpaired) electrons. The Hall–Kier alpha value is -3.78. The van der Waals surface area contributed by atoms with Gasteiger partial charge in [-0.3, -0.25) is 9.78 Å². The monoisotopic (exact) mass is 454 g/mol. The number of carbonyl (C=O) groups excluding carboxylic acids is 2. The number of methoxy groups -OCH3 is 1. The summed E-state index contributed by atoms with van der Waals surface area (Å²) in [6.45, 7) is 2.17. The van der Waals surface area contributed by atoms with Crippen LogP contribution in [-0.4, -0.2) is 31.1 Å². The Morgan fingerprint density at radius 1 is 1.06 bits per heavy atom. The first-order valence-electron chi connectivity index (χ1n) is 9.73. The van der Waals surface area contributed by atoms with Crippen molar-refractivity contribution in [1.82, 2.24) is 15.6 Å². The molecule has 32 heavy (non-hydrogen) atoms. The predicted molar refractivity (Wildman–Crippen MR) is 123 cm³/mol. The molecule has 0 atom stereocenters. The van der Waals surface area contributed by atoms with E-state index >= 15 is 0 Å². The van der Waals surface area contributed by atoms with Gasteiger partial charge in [0.25, 0.3) is 5.91 Å². The number of carbonyl (C=O) groups is 2. The number of pyridine rings is 1. The highest BCUT2D eigenvalue weighted by Gasteiger charge is 2.11. The second kappa shape index (κ2) is 10.5. The molecule has 9 heteroatoms. The van der Waals surface area contributed by atoms with Crippen LogP contribution in [0, 0.1) is 6.92 Å². The van der Waals surface area contributed by atoms with Crippen molar-refractivity contribution in [3.05, 3.63) is 76.6 Å². The molecule has 8 nitrogen and oxygen atoms in total. The second-order valence-electron chi connectivity index (χ2n) is 6.81. The molecule has 0 fully saturated rings. The van der Waals surface area contributed by atoms with E-state index in [1.165, 1.54) is 20.4 Å². The topological polar surface area (TPSA) is 102 Å². The fourth-order valence-corrected chi connectivity index (χ4v) is 2.97. The van der Waals surface area contributed by atoms with Gasteiger partial charge in [-0.05, 0) is 48.4 Å². The van der Waals surface area contributed by atoms with Crippen LogP contribution in [0.15, 0.2) is 54.7 Å². The molecule has 0 saturated carbocycles. The van der Waals surface area contributed by atoms with E-state index in [1.54, 1.807) is 36.4 Å². The molecule has 0 bridgehead atoms. The molecule has 1 aromatic heterocycles. The molecule has 2 aromatic carbocycles. The summed E-state index contributed by atoms with van der Waals surface area (Å²) in [4.78, 5) is 28.0. The Balaban J connectivity index is 1.57. The highest BCUT2D eigenvalue weighted by Crippen LogP contribution is 2.30. The van der Waals surface area contributed by atoms with Gasteiger partial charge in [0.2, 0.25) is 0 Å². The lowest BCUT2D eigenvalue weighted by molar-refractivity contribution is 0.0958. The number of hydrogen-bond acceptors (Lipinski definition) is 5. The molecule has 166 valence electrons. The predicted octanol–water partition coefficient (Wildman–Crippen LogP) is 4.53. The first kappa shape index (κ1) is 22.9. The van der Waals surface area contributed by atoms with Crippen molar-refractivity contribution in [2.45, 2.75) is 13.5 Å². The highest BCUT2D eigenvalue weighted by atomic mass is 35.5. The maximum absolute atomic E-state index is 12.3. The van der Waals surface area contributed by atoms with Gasteiger partial charge in [0.1, 0.15) is 22.9 Å². The average molecular weight is 455 g/mol. The molecular weight excluding hydrogens is 432 g/mol. The van der Waals surface area contributed by atoms with Crippen LogP contribution in [-0.2, 0) is 6.54 Å². The number of aromatic nitrogens is 1. The number of ether oxygens (including phenoxy) is 2. The van der Waals surface area contributed by atoms with Gasteiger partial charge >= 0.3 is 6.03 Å². The van der Waals surface area contributed by atoms with E-state index in [2.05, 4.69) is 20.9 Å². The summed E-state index contributed by atoms with van der Waals surface area (Å²) >= 11 is 6.14. The minimum Gasteiger partial charge on any atom is -0.495 e. The van der Waals surface area contributed by atoms with Gasteiger partial charge in [0.15, 0.2) is 0 Å². The minimum absolute atomic E-state index is 0.267. The molecule has 0 spiro atoms. The summed E-state index contributed by atoms with van der Waals surface area (Å²) in [6, 6.07) is 13.5.